The number of rotatable bonds is 16. The zero-order valence-corrected chi connectivity index (χ0v) is 59.5. The number of carbonyl (C=O) groups is 1. The minimum Gasteiger partial charge on any atom is -0.508 e. The van der Waals surface area contributed by atoms with Gasteiger partial charge in [0.05, 0.1) is 104 Å². The number of carbonyl (C=O) groups excluding carboxylic acids is 1. The van der Waals surface area contributed by atoms with Gasteiger partial charge in [0.2, 0.25) is 5.91 Å². The van der Waals surface area contributed by atoms with Crippen molar-refractivity contribution in [3.05, 3.63) is 302 Å². The number of phenols is 4. The summed E-state index contributed by atoms with van der Waals surface area (Å²) in [4.78, 5) is 32.5. The van der Waals surface area contributed by atoms with Crippen molar-refractivity contribution < 1.29 is 34.7 Å². The summed E-state index contributed by atoms with van der Waals surface area (Å²) < 4.78 is 13.4. The molecule has 1 amide bonds. The monoisotopic (exact) mass is 1500 g/mol. The van der Waals surface area contributed by atoms with Crippen molar-refractivity contribution in [2.24, 2.45) is 4.99 Å². The van der Waals surface area contributed by atoms with Gasteiger partial charge in [-0.3, -0.25) is 30.2 Å². The predicted molar refractivity (Wildman–Crippen MR) is 429 cm³/mol. The summed E-state index contributed by atoms with van der Waals surface area (Å²) in [6.45, 7) is 8.44. The maximum Gasteiger partial charge on any atom is 0.226 e. The van der Waals surface area contributed by atoms with Crippen molar-refractivity contribution >= 4 is 106 Å². The van der Waals surface area contributed by atoms with E-state index < -0.39 is 0 Å². The van der Waals surface area contributed by atoms with Crippen LogP contribution in [0.2, 0.25) is 0 Å². The van der Waals surface area contributed by atoms with Crippen LogP contribution in [-0.4, -0.2) is 105 Å². The molecule has 23 heteroatoms. The van der Waals surface area contributed by atoms with Crippen LogP contribution in [0.25, 0.3) is 111 Å². The summed E-state index contributed by atoms with van der Waals surface area (Å²) >= 11 is 3.45. The van der Waals surface area contributed by atoms with E-state index in [1.807, 2.05) is 115 Å². The van der Waals surface area contributed by atoms with Gasteiger partial charge in [-0.1, -0.05) is 35.2 Å². The number of nitrogens with one attached hydrogen (secondary N) is 5. The third-order valence-corrected chi connectivity index (χ3v) is 18.2. The number of pyridine rings is 3. The molecule has 16 aromatic rings. The molecule has 17 rings (SSSR count). The summed E-state index contributed by atoms with van der Waals surface area (Å²) in [5.74, 6) is 3.55. The lowest BCUT2D eigenvalue weighted by atomic mass is 9.96. The van der Waals surface area contributed by atoms with Crippen molar-refractivity contribution in [3.8, 4) is 97.0 Å². The van der Waals surface area contributed by atoms with Gasteiger partial charge < -0.3 is 40.2 Å². The highest BCUT2D eigenvalue weighted by molar-refractivity contribution is 9.10. The van der Waals surface area contributed by atoms with Gasteiger partial charge in [0.25, 0.3) is 0 Å². The van der Waals surface area contributed by atoms with Gasteiger partial charge in [0.1, 0.15) is 46.0 Å². The second-order valence-corrected chi connectivity index (χ2v) is 25.6. The Balaban J connectivity index is 0.000000122. The standard InChI is InChI=1S/C23H16N4O2.C22H14BrN3O2.C21H16N4O.C20H18N4O2/c1-2-21-19(14-26-27-21)20-13-25-22(16-5-7-17(28)8-6-16)11-23(20)29-18-9-3-15(12-24)4-10-18;23-14-3-7-16(8-4-14)28-21-11-20(13-1-5-15(27)6-2-13)25-19-10-9-18-17(22(19)21)12-24-26-18;1-2-13(9-10-22)16-11-20(14-3-5-15(26)6-4-14)24-19-8-7-18-17(21(16)19)12-23-25-18;25-17-6-3-14(4-7-17)18(9-11-24-10-1-2-20(24)26)22-16-5-8-19-15(12-16)13-21-23-19/h2-11,13-14,28H,1H2,(H,26,27);1-12,27H,(H,24,26);2-12,22,26H,1H2,(H,23,25);3-9,11-13,25H,1-2,10H2,(H,21,23)/b;;13-9+,22-10?;11-9+,22-18?. The van der Waals surface area contributed by atoms with E-state index in [4.69, 9.17) is 35.1 Å². The first kappa shape index (κ1) is 71.1. The number of aromatic nitrogens is 11. The maximum absolute atomic E-state index is 11.8. The topological polar surface area (TPSA) is 333 Å². The highest BCUT2D eigenvalue weighted by atomic mass is 79.9. The molecule has 22 nitrogen and oxygen atoms in total. The number of likely N-dealkylation sites (tertiary alicyclic amines) is 1. The number of aromatic hydroxyl groups is 4. The van der Waals surface area contributed by atoms with Crippen LogP contribution in [-0.2, 0) is 4.79 Å². The molecule has 1 aliphatic heterocycles. The Labute approximate surface area is 631 Å². The molecule has 9 aromatic carbocycles. The first-order valence-electron chi connectivity index (χ1n) is 34.1. The number of nitriles is 1. The first-order valence-corrected chi connectivity index (χ1v) is 34.9. The first-order chi connectivity index (χ1) is 53.2. The highest BCUT2D eigenvalue weighted by Gasteiger charge is 2.21. The molecule has 0 saturated carbocycles. The fourth-order valence-electron chi connectivity index (χ4n) is 12.2. The molecule has 0 radical (unpaired) electrons. The number of nitrogens with zero attached hydrogens (tertiary/aromatic N) is 10. The van der Waals surface area contributed by atoms with Gasteiger partial charge in [0, 0.05) is 103 Å². The van der Waals surface area contributed by atoms with Crippen LogP contribution in [0.3, 0.4) is 0 Å². The molecule has 0 atom stereocenters. The molecule has 1 aliphatic rings. The number of phenolic OH excluding ortho intramolecular Hbond substituents is 4. The van der Waals surface area contributed by atoms with E-state index in [1.165, 1.54) is 6.21 Å². The van der Waals surface area contributed by atoms with Crippen molar-refractivity contribution in [2.45, 2.75) is 12.8 Å². The zero-order chi connectivity index (χ0) is 75.3. The molecular formula is C86H64BrN15O7. The second kappa shape index (κ2) is 32.4. The zero-order valence-electron chi connectivity index (χ0n) is 57.9. The number of ether oxygens (including phenoxy) is 2. The molecule has 1 saturated heterocycles. The van der Waals surface area contributed by atoms with E-state index >= 15 is 0 Å². The number of allylic oxidation sites excluding steroid dienone is 4. The second-order valence-electron chi connectivity index (χ2n) is 24.7. The van der Waals surface area contributed by atoms with Gasteiger partial charge in [-0.05, 0) is 230 Å². The Hall–Kier alpha value is -14.9. The van der Waals surface area contributed by atoms with Crippen LogP contribution in [0.15, 0.2) is 284 Å². The van der Waals surface area contributed by atoms with E-state index in [9.17, 15) is 25.2 Å². The summed E-state index contributed by atoms with van der Waals surface area (Å²) in [6.07, 6.45) is 20.2. The Morgan fingerprint density at radius 1 is 0.578 bits per heavy atom. The number of aromatic amines is 4. The van der Waals surface area contributed by atoms with Gasteiger partial charge in [-0.2, -0.15) is 25.7 Å². The summed E-state index contributed by atoms with van der Waals surface area (Å²) in [5.41, 5.74) is 16.3. The Morgan fingerprint density at radius 2 is 1.12 bits per heavy atom. The average Bonchev–Trinajstić information content (AvgIpc) is 1.69. The molecule has 0 unspecified atom stereocenters. The molecule has 109 heavy (non-hydrogen) atoms. The Morgan fingerprint density at radius 3 is 1.72 bits per heavy atom. The van der Waals surface area contributed by atoms with Crippen LogP contribution >= 0.6 is 15.9 Å². The quantitative estimate of drug-likeness (QED) is 0.0321. The summed E-state index contributed by atoms with van der Waals surface area (Å²) in [7, 11) is 0. The Kier molecular flexibility index (Phi) is 21.1. The predicted octanol–water partition coefficient (Wildman–Crippen LogP) is 19.4. The van der Waals surface area contributed by atoms with Gasteiger partial charge in [0.15, 0.2) is 0 Å². The van der Waals surface area contributed by atoms with E-state index in [0.29, 0.717) is 40.6 Å². The maximum atomic E-state index is 11.8. The van der Waals surface area contributed by atoms with E-state index in [1.54, 1.807) is 157 Å². The van der Waals surface area contributed by atoms with Crippen molar-refractivity contribution in [3.63, 3.8) is 0 Å². The Bertz CT molecular complexity index is 6180. The smallest absolute Gasteiger partial charge is 0.226 e. The fraction of sp³-hybridized carbons (Fsp3) is 0.0349. The van der Waals surface area contributed by atoms with Gasteiger partial charge >= 0.3 is 0 Å². The van der Waals surface area contributed by atoms with Crippen LogP contribution in [0.4, 0.5) is 5.69 Å². The molecule has 0 spiro atoms. The normalized spacial score (nSPS) is 12.1. The van der Waals surface area contributed by atoms with E-state index in [0.717, 1.165) is 145 Å². The number of hydrogen-bond donors (Lipinski definition) is 9. The molecule has 8 heterocycles. The highest BCUT2D eigenvalue weighted by Crippen LogP contribution is 2.41. The van der Waals surface area contributed by atoms with Gasteiger partial charge in [-0.25, -0.2) is 15.0 Å². The number of halogens is 1. The number of fused-ring (bicyclic) bond motifs is 7. The molecule has 532 valence electrons. The number of aliphatic imine (C=N–C) groups is 1. The third kappa shape index (κ3) is 16.4. The van der Waals surface area contributed by atoms with E-state index in [-0.39, 0.29) is 28.9 Å². The summed E-state index contributed by atoms with van der Waals surface area (Å²) in [6, 6.07) is 63.6. The number of benzene rings is 9. The van der Waals surface area contributed by atoms with Crippen LogP contribution < -0.4 is 9.47 Å². The lowest BCUT2D eigenvalue weighted by Crippen LogP contribution is -2.17. The lowest BCUT2D eigenvalue weighted by molar-refractivity contribution is -0.125. The van der Waals surface area contributed by atoms with Crippen molar-refractivity contribution in [2.75, 3.05) is 6.54 Å². The molecule has 0 bridgehead atoms. The minimum atomic E-state index is 0.131. The number of H-pyrrole nitrogens is 4. The van der Waals surface area contributed by atoms with Crippen molar-refractivity contribution in [1.82, 2.24) is 60.6 Å². The molecule has 7 aromatic heterocycles. The van der Waals surface area contributed by atoms with Gasteiger partial charge in [-0.15, -0.1) is 0 Å². The van der Waals surface area contributed by atoms with Crippen LogP contribution in [0, 0.1) is 16.7 Å². The number of hydrogen-bond acceptors (Lipinski definition) is 17. The molecule has 9 N–H and O–H groups in total. The fourth-order valence-corrected chi connectivity index (χ4v) is 12.5. The lowest BCUT2D eigenvalue weighted by Gasteiger charge is -2.13. The summed E-state index contributed by atoms with van der Waals surface area (Å²) in [5, 5.41) is 87.6. The average molecular weight is 1500 g/mol. The molecule has 1 fully saturated rings. The van der Waals surface area contributed by atoms with E-state index in [2.05, 4.69) is 80.9 Å². The van der Waals surface area contributed by atoms with Crippen LogP contribution in [0.5, 0.6) is 46.0 Å². The SMILES string of the molecule is C=C/C(=C\C=N)c1cc(-c2ccc(O)cc2)nc2ccc3[nH]ncc3c12.C=Cc1[nH]ncc1-c1cnc(-c2ccc(O)cc2)cc1Oc1ccc(C#N)cc1.O=C1CCCN1/C=C/C(=Nc1ccc2[nH]ncc2c1)c1ccc(O)cc1.Oc1ccc(-c2cc(Oc3ccc(Br)cc3)c3c(ccc4[nH]ncc43)n2)cc1. The number of amides is 1. The third-order valence-electron chi connectivity index (χ3n) is 17.7. The van der Waals surface area contributed by atoms with Crippen LogP contribution in [0.1, 0.15) is 35.2 Å². The van der Waals surface area contributed by atoms with Crippen molar-refractivity contribution in [1.29, 1.82) is 10.7 Å². The minimum absolute atomic E-state index is 0.131. The molecular weight excluding hydrogens is 1430 g/mol. The largest absolute Gasteiger partial charge is 0.508 e. The molecule has 0 aliphatic carbocycles.